The highest BCUT2D eigenvalue weighted by Gasteiger charge is 2.22. The van der Waals surface area contributed by atoms with Crippen molar-refractivity contribution in [1.29, 1.82) is 0 Å². The maximum atomic E-state index is 12.9. The molecule has 0 spiro atoms. The number of allylic oxidation sites excluding steroid dienone is 10. The summed E-state index contributed by atoms with van der Waals surface area (Å²) in [6.07, 6.45) is 75.8. The van der Waals surface area contributed by atoms with Crippen molar-refractivity contribution < 1.29 is 42.9 Å². The lowest BCUT2D eigenvalue weighted by Crippen LogP contribution is -2.44. The number of carboxylic acids is 1. The molecule has 2 atom stereocenters. The number of rotatable bonds is 62. The van der Waals surface area contributed by atoms with E-state index in [0.717, 1.165) is 77.0 Å². The number of esters is 2. The number of aliphatic carboxylic acids is 1. The first-order valence-electron chi connectivity index (χ1n) is 33.4. The van der Waals surface area contributed by atoms with Gasteiger partial charge in [0, 0.05) is 12.8 Å². The van der Waals surface area contributed by atoms with Gasteiger partial charge in [0.1, 0.15) is 13.2 Å². The Morgan fingerprint density at radius 2 is 0.684 bits per heavy atom. The van der Waals surface area contributed by atoms with Crippen LogP contribution in [0, 0.1) is 0 Å². The van der Waals surface area contributed by atoms with Gasteiger partial charge < -0.3 is 33.3 Å². The Bertz CT molecular complexity index is 1480. The molecule has 9 heteroatoms. The number of hydrogen-bond acceptors (Lipinski definition) is 8. The van der Waals surface area contributed by atoms with E-state index < -0.39 is 24.3 Å². The van der Waals surface area contributed by atoms with Gasteiger partial charge in [-0.25, -0.2) is 0 Å². The summed E-state index contributed by atoms with van der Waals surface area (Å²) in [6, 6.07) is 0. The molecule has 0 aliphatic carbocycles. The number of likely N-dealkylation sites (N-methyl/N-ethyl adjacent to an activating group) is 1. The van der Waals surface area contributed by atoms with Crippen LogP contribution in [-0.4, -0.2) is 82.3 Å². The summed E-state index contributed by atoms with van der Waals surface area (Å²) in [5.41, 5.74) is 0. The average molecular weight is 1110 g/mol. The second-order valence-electron chi connectivity index (χ2n) is 23.8. The lowest BCUT2D eigenvalue weighted by molar-refractivity contribution is -0.870. The van der Waals surface area contributed by atoms with E-state index in [-0.39, 0.29) is 32.2 Å². The average Bonchev–Trinajstić information content (AvgIpc) is 3.42. The Hall–Kier alpha value is -3.01. The smallest absolute Gasteiger partial charge is 0.306 e. The van der Waals surface area contributed by atoms with E-state index in [1.807, 2.05) is 21.1 Å². The largest absolute Gasteiger partial charge is 0.545 e. The zero-order valence-electron chi connectivity index (χ0n) is 52.5. The molecule has 0 saturated heterocycles. The van der Waals surface area contributed by atoms with Gasteiger partial charge in [-0.3, -0.25) is 9.59 Å². The van der Waals surface area contributed by atoms with E-state index in [4.69, 9.17) is 18.9 Å². The molecule has 79 heavy (non-hydrogen) atoms. The first kappa shape index (κ1) is 76.0. The lowest BCUT2D eigenvalue weighted by Gasteiger charge is -2.26. The molecule has 0 amide bonds. The number of carbonyl (C=O) groups excluding carboxylic acids is 3. The van der Waals surface area contributed by atoms with Crippen LogP contribution in [0.15, 0.2) is 60.8 Å². The molecule has 0 aromatic carbocycles. The van der Waals surface area contributed by atoms with Gasteiger partial charge in [-0.1, -0.05) is 274 Å². The summed E-state index contributed by atoms with van der Waals surface area (Å²) in [7, 11) is 5.93. The third-order valence-electron chi connectivity index (χ3n) is 14.7. The summed E-state index contributed by atoms with van der Waals surface area (Å²) in [5, 5.41) is 11.8. The van der Waals surface area contributed by atoms with Crippen LogP contribution in [0.25, 0.3) is 0 Å². The Labute approximate surface area is 488 Å². The van der Waals surface area contributed by atoms with Crippen LogP contribution in [0.4, 0.5) is 0 Å². The van der Waals surface area contributed by atoms with Gasteiger partial charge in [0.25, 0.3) is 0 Å². The van der Waals surface area contributed by atoms with Gasteiger partial charge in [0.15, 0.2) is 12.4 Å². The molecule has 0 rings (SSSR count). The molecule has 0 radical (unpaired) electrons. The Morgan fingerprint density at radius 3 is 1.01 bits per heavy atom. The second kappa shape index (κ2) is 61.1. The van der Waals surface area contributed by atoms with Gasteiger partial charge in [-0.15, -0.1) is 0 Å². The number of carbonyl (C=O) groups is 3. The summed E-state index contributed by atoms with van der Waals surface area (Å²) in [6.45, 7) is 4.75. The minimum atomic E-state index is -1.63. The van der Waals surface area contributed by atoms with Crippen molar-refractivity contribution in [1.82, 2.24) is 0 Å². The Balaban J connectivity index is 4.09. The Morgan fingerprint density at radius 1 is 0.380 bits per heavy atom. The van der Waals surface area contributed by atoms with Crippen molar-refractivity contribution in [3.63, 3.8) is 0 Å². The molecule has 0 aromatic heterocycles. The maximum absolute atomic E-state index is 12.9. The molecule has 0 aromatic rings. The van der Waals surface area contributed by atoms with E-state index in [1.54, 1.807) is 0 Å². The van der Waals surface area contributed by atoms with Crippen LogP contribution >= 0.6 is 0 Å². The van der Waals surface area contributed by atoms with E-state index in [0.29, 0.717) is 23.9 Å². The molecule has 0 saturated carbocycles. The van der Waals surface area contributed by atoms with Crippen molar-refractivity contribution in [2.24, 2.45) is 0 Å². The quantitative estimate of drug-likeness (QED) is 0.0195. The topological polar surface area (TPSA) is 111 Å². The van der Waals surface area contributed by atoms with Gasteiger partial charge in [-0.2, -0.15) is 0 Å². The van der Waals surface area contributed by atoms with E-state index >= 15 is 0 Å². The highest BCUT2D eigenvalue weighted by atomic mass is 16.7. The summed E-state index contributed by atoms with van der Waals surface area (Å²) in [5.74, 6) is -2.29. The summed E-state index contributed by atoms with van der Waals surface area (Å²) >= 11 is 0. The first-order chi connectivity index (χ1) is 38.6. The molecule has 0 N–H and O–H groups in total. The highest BCUT2D eigenvalue weighted by Crippen LogP contribution is 2.17. The second-order valence-corrected chi connectivity index (χ2v) is 23.8. The number of nitrogens with zero attached hydrogens (tertiary/aromatic N) is 1. The molecule has 0 heterocycles. The predicted molar refractivity (Wildman–Crippen MR) is 334 cm³/mol. The molecular formula is C70H127NO8. The molecule has 460 valence electrons. The number of carboxylic acid groups (broad SMARTS) is 1. The van der Waals surface area contributed by atoms with E-state index in [9.17, 15) is 19.5 Å². The number of quaternary nitrogens is 1. The lowest BCUT2D eigenvalue weighted by atomic mass is 10.0. The van der Waals surface area contributed by atoms with Crippen molar-refractivity contribution in [3.8, 4) is 0 Å². The molecule has 0 bridgehead atoms. The van der Waals surface area contributed by atoms with Gasteiger partial charge in [0.05, 0.1) is 40.3 Å². The van der Waals surface area contributed by atoms with Crippen LogP contribution in [-0.2, 0) is 33.3 Å². The van der Waals surface area contributed by atoms with Crippen LogP contribution in [0.1, 0.15) is 309 Å². The molecule has 2 unspecified atom stereocenters. The minimum absolute atomic E-state index is 0.144. The van der Waals surface area contributed by atoms with Crippen LogP contribution in [0.2, 0.25) is 0 Å². The van der Waals surface area contributed by atoms with Crippen LogP contribution in [0.5, 0.6) is 0 Å². The SMILES string of the molecule is CCCCCCC/C=C\C/C=C\C/C=C\CCCCCCCCC(=O)OC(COC(=O)CCCCCCCCCCCCCCCCCCCCCCC/C=C\C/C=C\CCCCCCC)COC(OCC[N+](C)(C)C)C(=O)[O-]. The maximum Gasteiger partial charge on any atom is 0.306 e. The zero-order chi connectivity index (χ0) is 57.6. The molecule has 9 nitrogen and oxygen atoms in total. The highest BCUT2D eigenvalue weighted by molar-refractivity contribution is 5.70. The number of hydrogen-bond donors (Lipinski definition) is 0. The zero-order valence-corrected chi connectivity index (χ0v) is 52.5. The third-order valence-corrected chi connectivity index (χ3v) is 14.7. The van der Waals surface area contributed by atoms with Crippen molar-refractivity contribution in [2.75, 3.05) is 47.5 Å². The van der Waals surface area contributed by atoms with Crippen LogP contribution < -0.4 is 5.11 Å². The summed E-state index contributed by atoms with van der Waals surface area (Å²) in [4.78, 5) is 37.4. The standard InChI is InChI=1S/C70H127NO8/c1-6-8-10-12-14-16-18-20-22-24-26-28-29-30-31-32-33-34-35-36-37-38-39-41-42-44-46-48-50-52-54-56-58-60-67(72)77-64-66(65-78-70(69(74)75)76-63-62-71(3,4)5)79-68(73)61-59-57-55-53-51-49-47-45-43-40-27-25-23-21-19-17-15-13-11-9-7-2/h18-21,24-27,43,45,66,70H,6-17,22-23,28-42,44,46-65H2,1-5H3/b20-18-,21-19-,26-24-,27-25-,45-43-. The fraction of sp³-hybridized carbons (Fsp3) is 0.814. The monoisotopic (exact) mass is 1110 g/mol. The van der Waals surface area contributed by atoms with Gasteiger partial charge in [-0.05, 0) is 83.5 Å². The van der Waals surface area contributed by atoms with Crippen molar-refractivity contribution in [3.05, 3.63) is 60.8 Å². The minimum Gasteiger partial charge on any atom is -0.545 e. The van der Waals surface area contributed by atoms with E-state index in [1.165, 1.54) is 199 Å². The fourth-order valence-electron chi connectivity index (χ4n) is 9.58. The molecule has 0 fully saturated rings. The van der Waals surface area contributed by atoms with Gasteiger partial charge >= 0.3 is 11.9 Å². The predicted octanol–water partition coefficient (Wildman–Crippen LogP) is 19.0. The number of unbranched alkanes of at least 4 members (excludes halogenated alkanes) is 37. The van der Waals surface area contributed by atoms with Crippen molar-refractivity contribution >= 4 is 17.9 Å². The van der Waals surface area contributed by atoms with Crippen molar-refractivity contribution in [2.45, 2.75) is 322 Å². The molecule has 0 aliphatic rings. The van der Waals surface area contributed by atoms with Gasteiger partial charge in [0.2, 0.25) is 0 Å². The Kier molecular flexibility index (Phi) is 58.7. The van der Waals surface area contributed by atoms with Crippen LogP contribution in [0.3, 0.4) is 0 Å². The summed E-state index contributed by atoms with van der Waals surface area (Å²) < 4.78 is 22.8. The number of ether oxygens (including phenoxy) is 4. The fourth-order valence-corrected chi connectivity index (χ4v) is 9.58. The van der Waals surface area contributed by atoms with E-state index in [2.05, 4.69) is 74.6 Å². The first-order valence-corrected chi connectivity index (χ1v) is 33.4. The third kappa shape index (κ3) is 62.4. The molecule has 0 aliphatic heterocycles. The normalized spacial score (nSPS) is 13.1. The molecular weight excluding hydrogens is 983 g/mol.